The summed E-state index contributed by atoms with van der Waals surface area (Å²) in [6.45, 7) is 3.70. The van der Waals surface area contributed by atoms with Crippen LogP contribution in [0.2, 0.25) is 0 Å². The van der Waals surface area contributed by atoms with Crippen molar-refractivity contribution in [1.82, 2.24) is 15.3 Å². The third-order valence-corrected chi connectivity index (χ3v) is 5.37. The van der Waals surface area contributed by atoms with Crippen LogP contribution in [0, 0.1) is 5.41 Å². The number of hydrogen-bond acceptors (Lipinski definition) is 7. The van der Waals surface area contributed by atoms with E-state index in [1.54, 1.807) is 27.9 Å². The number of ether oxygens (including phenoxy) is 1. The molecule has 11 heteroatoms. The summed E-state index contributed by atoms with van der Waals surface area (Å²) in [4.78, 5) is 36.5. The van der Waals surface area contributed by atoms with Gasteiger partial charge < -0.3 is 15.0 Å². The smallest absolute Gasteiger partial charge is 0.406 e. The molecule has 0 aromatic heterocycles. The van der Waals surface area contributed by atoms with Crippen molar-refractivity contribution >= 4 is 25.5 Å². The first-order valence-corrected chi connectivity index (χ1v) is 9.78. The maximum atomic E-state index is 12.7. The van der Waals surface area contributed by atoms with E-state index in [4.69, 9.17) is 9.05 Å². The van der Waals surface area contributed by atoms with Crippen molar-refractivity contribution in [3.63, 3.8) is 0 Å². The minimum Gasteiger partial charge on any atom is -0.469 e. The van der Waals surface area contributed by atoms with Crippen molar-refractivity contribution in [2.24, 2.45) is 5.41 Å². The number of nitrogens with one attached hydrogen (secondary N) is 2. The van der Waals surface area contributed by atoms with Gasteiger partial charge in [0.05, 0.1) is 20.1 Å². The second-order valence-electron chi connectivity index (χ2n) is 6.81. The summed E-state index contributed by atoms with van der Waals surface area (Å²) in [5, 5.41) is 5.17. The standard InChI is InChI=1S/C15H28N3O7P/c1-15(2)10-24-26(22,17-9-6-11(19)18(3)4)25-13(15)14(21)16-8-7-12(20)23-5/h13H,6-10H2,1-5H3,(H,16,21)(H,17,22)/t13-,26?/m0/s1. The minimum atomic E-state index is -3.72. The highest BCUT2D eigenvalue weighted by Gasteiger charge is 2.47. The Morgan fingerprint density at radius 1 is 1.23 bits per heavy atom. The van der Waals surface area contributed by atoms with E-state index >= 15 is 0 Å². The molecule has 2 N–H and O–H groups in total. The van der Waals surface area contributed by atoms with Crippen LogP contribution in [0.25, 0.3) is 0 Å². The summed E-state index contributed by atoms with van der Waals surface area (Å²) in [7, 11) is 0.782. The van der Waals surface area contributed by atoms with Crippen LogP contribution in [0.4, 0.5) is 0 Å². The molecule has 1 aliphatic heterocycles. The van der Waals surface area contributed by atoms with Gasteiger partial charge in [-0.25, -0.2) is 9.65 Å². The zero-order valence-corrected chi connectivity index (χ0v) is 16.8. The third-order valence-electron chi connectivity index (χ3n) is 3.80. The van der Waals surface area contributed by atoms with Gasteiger partial charge in [0.15, 0.2) is 6.10 Å². The highest BCUT2D eigenvalue weighted by molar-refractivity contribution is 7.51. The van der Waals surface area contributed by atoms with Gasteiger partial charge in [-0.1, -0.05) is 13.8 Å². The third kappa shape index (κ3) is 6.68. The van der Waals surface area contributed by atoms with E-state index in [-0.39, 0.29) is 38.4 Å². The molecule has 0 spiro atoms. The molecule has 1 rings (SSSR count). The van der Waals surface area contributed by atoms with Crippen molar-refractivity contribution in [3.05, 3.63) is 0 Å². The molecule has 1 fully saturated rings. The Morgan fingerprint density at radius 2 is 1.88 bits per heavy atom. The van der Waals surface area contributed by atoms with Crippen LogP contribution in [0.5, 0.6) is 0 Å². The molecular weight excluding hydrogens is 365 g/mol. The highest BCUT2D eigenvalue weighted by atomic mass is 31.2. The second-order valence-corrected chi connectivity index (χ2v) is 8.59. The molecule has 1 aliphatic rings. The Hall–Kier alpha value is -1.48. The summed E-state index contributed by atoms with van der Waals surface area (Å²) >= 11 is 0. The van der Waals surface area contributed by atoms with E-state index in [9.17, 15) is 18.9 Å². The van der Waals surface area contributed by atoms with E-state index in [1.165, 1.54) is 12.0 Å². The van der Waals surface area contributed by atoms with Crippen LogP contribution in [-0.4, -0.2) is 69.7 Å². The number of carbonyl (C=O) groups excluding carboxylic acids is 3. The molecule has 0 aromatic carbocycles. The van der Waals surface area contributed by atoms with Crippen LogP contribution in [0.15, 0.2) is 0 Å². The molecule has 0 aromatic rings. The quantitative estimate of drug-likeness (QED) is 0.445. The van der Waals surface area contributed by atoms with Crippen LogP contribution in [0.3, 0.4) is 0 Å². The number of esters is 1. The summed E-state index contributed by atoms with van der Waals surface area (Å²) in [6.07, 6.45) is -0.894. The molecule has 0 aliphatic carbocycles. The summed E-state index contributed by atoms with van der Waals surface area (Å²) in [5.41, 5.74) is -0.718. The van der Waals surface area contributed by atoms with Gasteiger partial charge in [-0.2, -0.15) is 0 Å². The van der Waals surface area contributed by atoms with Crippen LogP contribution < -0.4 is 10.4 Å². The molecule has 150 valence electrons. The number of methoxy groups -OCH3 is 1. The molecule has 0 bridgehead atoms. The number of rotatable bonds is 8. The van der Waals surface area contributed by atoms with Crippen LogP contribution in [-0.2, 0) is 32.7 Å². The second kappa shape index (κ2) is 9.45. The van der Waals surface area contributed by atoms with Gasteiger partial charge >= 0.3 is 13.7 Å². The zero-order chi connectivity index (χ0) is 20.0. The molecule has 10 nitrogen and oxygen atoms in total. The lowest BCUT2D eigenvalue weighted by Gasteiger charge is -2.40. The molecule has 1 heterocycles. The summed E-state index contributed by atoms with van der Waals surface area (Å²) in [6, 6.07) is 0. The molecule has 1 saturated heterocycles. The average molecular weight is 393 g/mol. The monoisotopic (exact) mass is 393 g/mol. The Bertz CT molecular complexity index is 580. The first kappa shape index (κ1) is 22.6. The van der Waals surface area contributed by atoms with Crippen molar-refractivity contribution < 1.29 is 32.7 Å². The SMILES string of the molecule is COC(=O)CCNC(=O)[C@@H]1OP(=O)(NCCC(=O)N(C)C)OCC1(C)C. The largest absolute Gasteiger partial charge is 0.469 e. The normalized spacial score (nSPS) is 24.6. The van der Waals surface area contributed by atoms with Gasteiger partial charge in [0.25, 0.3) is 0 Å². The Labute approximate surface area is 153 Å². The number of amides is 2. The predicted molar refractivity (Wildman–Crippen MR) is 93.2 cm³/mol. The Balaban J connectivity index is 2.63. The average Bonchev–Trinajstić information content (AvgIpc) is 2.56. The van der Waals surface area contributed by atoms with E-state index < -0.39 is 31.1 Å². The lowest BCUT2D eigenvalue weighted by atomic mass is 9.87. The van der Waals surface area contributed by atoms with Gasteiger partial charge in [-0.3, -0.25) is 23.4 Å². The molecule has 1 unspecified atom stereocenters. The van der Waals surface area contributed by atoms with Gasteiger partial charge in [-0.05, 0) is 0 Å². The number of carbonyl (C=O) groups is 3. The first-order valence-electron chi connectivity index (χ1n) is 8.23. The van der Waals surface area contributed by atoms with Gasteiger partial charge in [0.1, 0.15) is 0 Å². The molecule has 26 heavy (non-hydrogen) atoms. The Morgan fingerprint density at radius 3 is 2.46 bits per heavy atom. The van der Waals surface area contributed by atoms with Crippen molar-refractivity contribution in [2.75, 3.05) is 40.9 Å². The number of hydrogen-bond donors (Lipinski definition) is 2. The van der Waals surface area contributed by atoms with Crippen molar-refractivity contribution in [3.8, 4) is 0 Å². The van der Waals surface area contributed by atoms with Crippen LogP contribution in [0.1, 0.15) is 26.7 Å². The molecular formula is C15H28N3O7P. The number of nitrogens with zero attached hydrogens (tertiary/aromatic N) is 1. The maximum Gasteiger partial charge on any atom is 0.406 e. The molecule has 2 atom stereocenters. The summed E-state index contributed by atoms with van der Waals surface area (Å²) in [5.74, 6) is -1.08. The topological polar surface area (TPSA) is 123 Å². The van der Waals surface area contributed by atoms with E-state index in [0.29, 0.717) is 0 Å². The van der Waals surface area contributed by atoms with Gasteiger partial charge in [0, 0.05) is 39.0 Å². The van der Waals surface area contributed by atoms with E-state index in [1.807, 2.05) is 0 Å². The lowest BCUT2D eigenvalue weighted by molar-refractivity contribution is -0.141. The van der Waals surface area contributed by atoms with Crippen LogP contribution >= 0.6 is 7.75 Å². The maximum absolute atomic E-state index is 12.7. The van der Waals surface area contributed by atoms with E-state index in [0.717, 1.165) is 0 Å². The zero-order valence-electron chi connectivity index (χ0n) is 15.9. The molecule has 0 radical (unpaired) electrons. The van der Waals surface area contributed by atoms with Gasteiger partial charge in [-0.15, -0.1) is 0 Å². The first-order chi connectivity index (χ1) is 12.0. The predicted octanol–water partition coefficient (Wildman–Crippen LogP) is 0.283. The van der Waals surface area contributed by atoms with Crippen molar-refractivity contribution in [1.29, 1.82) is 0 Å². The molecule has 0 saturated carbocycles. The lowest BCUT2D eigenvalue weighted by Crippen LogP contribution is -2.50. The fourth-order valence-electron chi connectivity index (χ4n) is 2.13. The highest BCUT2D eigenvalue weighted by Crippen LogP contribution is 2.53. The van der Waals surface area contributed by atoms with Gasteiger partial charge in [0.2, 0.25) is 11.8 Å². The Kier molecular flexibility index (Phi) is 8.20. The summed E-state index contributed by atoms with van der Waals surface area (Å²) < 4.78 is 27.9. The van der Waals surface area contributed by atoms with E-state index in [2.05, 4.69) is 15.1 Å². The fourth-order valence-corrected chi connectivity index (χ4v) is 3.90. The van der Waals surface area contributed by atoms with Crippen molar-refractivity contribution in [2.45, 2.75) is 32.8 Å². The fraction of sp³-hybridized carbons (Fsp3) is 0.800. The molecule has 2 amide bonds. The minimum absolute atomic E-state index is 0.0223.